The average Bonchev–Trinajstić information content (AvgIpc) is 2.75. The Bertz CT molecular complexity index is 1150. The molecule has 0 aliphatic carbocycles. The number of hydrogen-bond donors (Lipinski definition) is 0. The topological polar surface area (TPSA) is 72.8 Å². The quantitative estimate of drug-likeness (QED) is 0.479. The summed E-state index contributed by atoms with van der Waals surface area (Å²) in [5.41, 5.74) is 0.677. The fourth-order valence-corrected chi connectivity index (χ4v) is 5.22. The second kappa shape index (κ2) is 9.14. The van der Waals surface area contributed by atoms with Gasteiger partial charge in [-0.15, -0.1) is 0 Å². The van der Waals surface area contributed by atoms with E-state index in [1.807, 2.05) is 12.1 Å². The molecule has 0 saturated heterocycles. The predicted molar refractivity (Wildman–Crippen MR) is 122 cm³/mol. The Labute approximate surface area is 183 Å². The first kappa shape index (κ1) is 22.2. The van der Waals surface area contributed by atoms with Crippen molar-refractivity contribution in [1.82, 2.24) is 4.31 Å². The smallest absolute Gasteiger partial charge is 0.233 e. The molecular weight excluding hydrogens is 440 g/mol. The summed E-state index contributed by atoms with van der Waals surface area (Å²) in [6, 6.07) is 24.5. The van der Waals surface area contributed by atoms with Gasteiger partial charge in [-0.2, -0.15) is 0 Å². The largest absolute Gasteiger partial charge is 0.622 e. The van der Waals surface area contributed by atoms with Crippen LogP contribution in [0, 0.1) is 0 Å². The Morgan fingerprint density at radius 1 is 0.933 bits per heavy atom. The Morgan fingerprint density at radius 2 is 1.40 bits per heavy atom. The highest BCUT2D eigenvalue weighted by Gasteiger charge is 2.25. The van der Waals surface area contributed by atoms with Gasteiger partial charge in [0.2, 0.25) is 10.0 Å². The molecule has 0 N–H and O–H groups in total. The van der Waals surface area contributed by atoms with Crippen LogP contribution in [0.4, 0.5) is 0 Å². The second-order valence-corrected chi connectivity index (χ2v) is 11.2. The highest BCUT2D eigenvalue weighted by atomic mass is 35.5. The molecule has 0 aliphatic heterocycles. The number of rotatable bonds is 6. The lowest BCUT2D eigenvalue weighted by atomic mass is 10.2. The van der Waals surface area contributed by atoms with Crippen molar-refractivity contribution >= 4 is 37.8 Å². The molecule has 3 aromatic rings. The van der Waals surface area contributed by atoms with E-state index in [1.54, 1.807) is 78.9 Å². The third kappa shape index (κ3) is 5.17. The van der Waals surface area contributed by atoms with Gasteiger partial charge in [-0.05, 0) is 58.1 Å². The van der Waals surface area contributed by atoms with Crippen molar-refractivity contribution in [1.29, 1.82) is 0 Å². The fourth-order valence-electron chi connectivity index (χ4n) is 2.64. The van der Waals surface area contributed by atoms with E-state index in [-0.39, 0.29) is 5.82 Å². The molecule has 5 nitrogen and oxygen atoms in total. The van der Waals surface area contributed by atoms with E-state index < -0.39 is 20.1 Å². The van der Waals surface area contributed by atoms with Crippen molar-refractivity contribution in [3.05, 3.63) is 101 Å². The van der Waals surface area contributed by atoms with Gasteiger partial charge in [-0.25, -0.2) is 8.42 Å². The maximum Gasteiger partial charge on any atom is 0.233 e. The van der Waals surface area contributed by atoms with Crippen molar-refractivity contribution in [3.63, 3.8) is 0 Å². The Balaban J connectivity index is 2.30. The van der Waals surface area contributed by atoms with Crippen LogP contribution < -0.4 is 0 Å². The molecule has 0 aromatic heterocycles. The third-order valence-electron chi connectivity index (χ3n) is 4.33. The normalized spacial score (nSPS) is 12.5. The predicted octanol–water partition coefficient (Wildman–Crippen LogP) is 5.12. The lowest BCUT2D eigenvalue weighted by Gasteiger charge is -2.25. The average molecular weight is 461 g/mol. The molecule has 8 heteroatoms. The summed E-state index contributed by atoms with van der Waals surface area (Å²) in [5.74, 6) is 0.0533. The summed E-state index contributed by atoms with van der Waals surface area (Å²) in [7, 11) is -5.42. The lowest BCUT2D eigenvalue weighted by molar-refractivity contribution is 0.527. The number of sulfonamides is 1. The zero-order chi connectivity index (χ0) is 21.8. The zero-order valence-electron chi connectivity index (χ0n) is 16.5. The van der Waals surface area contributed by atoms with Gasteiger partial charge in [-0.3, -0.25) is 4.31 Å². The molecule has 0 unspecified atom stereocenters. The van der Waals surface area contributed by atoms with Crippen molar-refractivity contribution in [2.75, 3.05) is 13.3 Å². The maximum absolute atomic E-state index is 14.2. The van der Waals surface area contributed by atoms with Crippen LogP contribution in [0.2, 0.25) is 5.02 Å². The summed E-state index contributed by atoms with van der Waals surface area (Å²) < 4.78 is 44.4. The van der Waals surface area contributed by atoms with E-state index >= 15 is 0 Å². The molecule has 0 amide bonds. The van der Waals surface area contributed by atoms with E-state index in [1.165, 1.54) is 7.05 Å². The van der Waals surface area contributed by atoms with Crippen LogP contribution in [0.5, 0.6) is 0 Å². The zero-order valence-corrected chi connectivity index (χ0v) is 18.9. The van der Waals surface area contributed by atoms with Crippen molar-refractivity contribution in [3.8, 4) is 0 Å². The van der Waals surface area contributed by atoms with Crippen LogP contribution in [0.15, 0.2) is 105 Å². The van der Waals surface area contributed by atoms with Crippen LogP contribution in [0.25, 0.3) is 6.08 Å². The van der Waals surface area contributed by atoms with Gasteiger partial charge in [0.25, 0.3) is 0 Å². The van der Waals surface area contributed by atoms with Gasteiger partial charge >= 0.3 is 0 Å². The van der Waals surface area contributed by atoms with Crippen molar-refractivity contribution in [2.45, 2.75) is 9.79 Å². The first-order valence-electron chi connectivity index (χ1n) is 8.99. The SMILES string of the molecule is CN(/C(=C\c1ccc(Cl)cc1)N=[S+]([O-])(c1ccccc1)c1ccccc1)S(C)(=O)=O. The minimum atomic E-state index is -3.65. The van der Waals surface area contributed by atoms with Gasteiger partial charge in [0.15, 0.2) is 5.82 Å². The van der Waals surface area contributed by atoms with E-state index in [9.17, 15) is 13.0 Å². The van der Waals surface area contributed by atoms with Crippen LogP contribution in [-0.4, -0.2) is 30.6 Å². The van der Waals surface area contributed by atoms with Crippen LogP contribution >= 0.6 is 11.6 Å². The Hall–Kier alpha value is -2.45. The molecule has 3 rings (SSSR count). The highest BCUT2D eigenvalue weighted by molar-refractivity contribution is 8.00. The molecule has 0 atom stereocenters. The van der Waals surface area contributed by atoms with Gasteiger partial charge in [0, 0.05) is 12.1 Å². The molecule has 0 aliphatic rings. The summed E-state index contributed by atoms with van der Waals surface area (Å²) in [5, 5.41) is 0.555. The number of nitrogens with zero attached hydrogens (tertiary/aromatic N) is 2. The van der Waals surface area contributed by atoms with Gasteiger partial charge in [0.05, 0.1) is 6.26 Å². The first-order valence-corrected chi connectivity index (χ1v) is 12.7. The Kier molecular flexibility index (Phi) is 6.77. The molecule has 0 heterocycles. The van der Waals surface area contributed by atoms with E-state index in [0.717, 1.165) is 10.6 Å². The molecular formula is C22H21ClN2O3S2. The maximum atomic E-state index is 14.2. The summed E-state index contributed by atoms with van der Waals surface area (Å²) in [6.07, 6.45) is 2.65. The summed E-state index contributed by atoms with van der Waals surface area (Å²) in [6.45, 7) is 0. The molecule has 0 spiro atoms. The third-order valence-corrected chi connectivity index (χ3v) is 8.03. The second-order valence-electron chi connectivity index (χ2n) is 6.53. The summed E-state index contributed by atoms with van der Waals surface area (Å²) in [4.78, 5) is 0.972. The van der Waals surface area contributed by atoms with Crippen LogP contribution in [-0.2, 0) is 20.1 Å². The van der Waals surface area contributed by atoms with Gasteiger partial charge in [-0.1, -0.05) is 64.5 Å². The lowest BCUT2D eigenvalue weighted by Crippen LogP contribution is -2.25. The molecule has 0 bridgehead atoms. The highest BCUT2D eigenvalue weighted by Crippen LogP contribution is 2.31. The monoisotopic (exact) mass is 460 g/mol. The minimum Gasteiger partial charge on any atom is -0.622 e. The number of benzene rings is 3. The standard InChI is InChI=1S/C22H21ClN2O3S2/c1-25(29(2,26)27)22(17-18-13-15-19(23)16-14-18)24-30(28,20-9-5-3-6-10-20)21-11-7-4-8-12-21/h3-17H,1-2H3/b22-17-. The minimum absolute atomic E-state index is 0.0533. The van der Waals surface area contributed by atoms with E-state index in [2.05, 4.69) is 4.36 Å². The molecule has 0 radical (unpaired) electrons. The molecule has 3 aromatic carbocycles. The van der Waals surface area contributed by atoms with Crippen molar-refractivity contribution in [2.24, 2.45) is 4.36 Å². The van der Waals surface area contributed by atoms with Crippen molar-refractivity contribution < 1.29 is 13.0 Å². The summed E-state index contributed by atoms with van der Waals surface area (Å²) >= 11 is 5.95. The van der Waals surface area contributed by atoms with Gasteiger partial charge in [0.1, 0.15) is 9.79 Å². The van der Waals surface area contributed by atoms with Crippen LogP contribution in [0.3, 0.4) is 0 Å². The van der Waals surface area contributed by atoms with E-state index in [4.69, 9.17) is 11.6 Å². The van der Waals surface area contributed by atoms with E-state index in [0.29, 0.717) is 20.4 Å². The fraction of sp³-hybridized carbons (Fsp3) is 0.0909. The molecule has 0 saturated carbocycles. The number of halogens is 1. The molecule has 156 valence electrons. The first-order chi connectivity index (χ1) is 14.2. The molecule has 0 fully saturated rings. The Morgan fingerprint density at radius 3 is 1.83 bits per heavy atom. The van der Waals surface area contributed by atoms with Gasteiger partial charge < -0.3 is 4.55 Å². The molecule has 30 heavy (non-hydrogen) atoms. The van der Waals surface area contributed by atoms with Crippen LogP contribution in [0.1, 0.15) is 5.56 Å². The number of hydrogen-bond acceptors (Lipinski definition) is 4.